The molecule has 0 saturated carbocycles. The van der Waals surface area contributed by atoms with E-state index >= 15 is 0 Å². The number of hydrogen-bond donors (Lipinski definition) is 1. The smallest absolute Gasteiger partial charge is 0.252 e. The van der Waals surface area contributed by atoms with Gasteiger partial charge in [-0.05, 0) is 32.3 Å². The fourth-order valence-corrected chi connectivity index (χ4v) is 5.17. The van der Waals surface area contributed by atoms with Crippen LogP contribution in [0.15, 0.2) is 9.90 Å². The summed E-state index contributed by atoms with van der Waals surface area (Å²) in [5, 5.41) is 9.15. The lowest BCUT2D eigenvalue weighted by atomic mass is 10.0. The molecule has 1 saturated heterocycles. The first kappa shape index (κ1) is 19.1. The second-order valence-corrected chi connectivity index (χ2v) is 8.76. The summed E-state index contributed by atoms with van der Waals surface area (Å²) in [5.41, 5.74) is 4.09. The number of hydrogen-bond acceptors (Lipinski definition) is 6. The fraction of sp³-hybridized carbons (Fsp3) is 0.550. The molecule has 1 unspecified atom stereocenters. The second-order valence-electron chi connectivity index (χ2n) is 7.80. The van der Waals surface area contributed by atoms with Crippen molar-refractivity contribution in [1.82, 2.24) is 20.3 Å². The molecule has 2 aliphatic heterocycles. The molecule has 0 aromatic carbocycles. The summed E-state index contributed by atoms with van der Waals surface area (Å²) in [5.74, 6) is 1.02. The Morgan fingerprint density at radius 3 is 2.93 bits per heavy atom. The van der Waals surface area contributed by atoms with Crippen molar-refractivity contribution in [2.45, 2.75) is 52.2 Å². The molecule has 1 N–H and O–H groups in total. The van der Waals surface area contributed by atoms with Crippen molar-refractivity contribution in [1.29, 1.82) is 0 Å². The van der Waals surface area contributed by atoms with E-state index in [-0.39, 0.29) is 17.9 Å². The highest BCUT2D eigenvalue weighted by Gasteiger charge is 2.28. The number of aromatic nitrogens is 1. The maximum atomic E-state index is 12.8. The third-order valence-electron chi connectivity index (χ3n) is 5.80. The first-order chi connectivity index (χ1) is 13.4. The number of amides is 2. The van der Waals surface area contributed by atoms with E-state index in [9.17, 15) is 9.59 Å². The standard InChI is InChI=1S/C20H26N4O3S/c1-12-16(13(2)27-22-12)9-24-7-6-15-17(11-28-18(15)10-24)20(26)21-14-4-5-19(25)23(3)8-14/h11,14H,4-10H2,1-3H3,(H,21,26). The number of rotatable bonds is 4. The van der Waals surface area contributed by atoms with Crippen LogP contribution in [0.1, 0.15) is 50.7 Å². The number of nitrogens with zero attached hydrogens (tertiary/aromatic N) is 3. The topological polar surface area (TPSA) is 78.7 Å². The Labute approximate surface area is 168 Å². The van der Waals surface area contributed by atoms with Crippen LogP contribution in [0, 0.1) is 13.8 Å². The first-order valence-electron chi connectivity index (χ1n) is 9.70. The van der Waals surface area contributed by atoms with Gasteiger partial charge >= 0.3 is 0 Å². The van der Waals surface area contributed by atoms with Crippen LogP contribution >= 0.6 is 11.3 Å². The zero-order valence-corrected chi connectivity index (χ0v) is 17.4. The Bertz CT molecular complexity index is 884. The average Bonchev–Trinajstić information content (AvgIpc) is 3.23. The SMILES string of the molecule is Cc1noc(C)c1CN1CCc2c(C(=O)NC3CCC(=O)N(C)C3)csc2C1. The molecule has 8 heteroatoms. The molecule has 0 spiro atoms. The van der Waals surface area contributed by atoms with E-state index < -0.39 is 0 Å². The molecule has 28 heavy (non-hydrogen) atoms. The van der Waals surface area contributed by atoms with Gasteiger partial charge in [-0.2, -0.15) is 0 Å². The van der Waals surface area contributed by atoms with Gasteiger partial charge in [-0.25, -0.2) is 0 Å². The lowest BCUT2D eigenvalue weighted by Gasteiger charge is -2.30. The number of fused-ring (bicyclic) bond motifs is 1. The Morgan fingerprint density at radius 1 is 1.39 bits per heavy atom. The van der Waals surface area contributed by atoms with E-state index in [0.717, 1.165) is 48.6 Å². The number of carbonyl (C=O) groups is 2. The van der Waals surface area contributed by atoms with Crippen LogP contribution in [-0.4, -0.2) is 52.9 Å². The van der Waals surface area contributed by atoms with Gasteiger partial charge in [0, 0.05) is 61.5 Å². The van der Waals surface area contributed by atoms with Crippen LogP contribution in [0.5, 0.6) is 0 Å². The van der Waals surface area contributed by atoms with Crippen molar-refractivity contribution in [2.75, 3.05) is 20.1 Å². The molecular formula is C20H26N4O3S. The Morgan fingerprint density at radius 2 is 2.21 bits per heavy atom. The summed E-state index contributed by atoms with van der Waals surface area (Å²) in [4.78, 5) is 29.8. The van der Waals surface area contributed by atoms with E-state index in [2.05, 4.69) is 15.4 Å². The van der Waals surface area contributed by atoms with E-state index in [1.165, 1.54) is 10.4 Å². The quantitative estimate of drug-likeness (QED) is 0.849. The number of carbonyl (C=O) groups excluding carboxylic acids is 2. The van der Waals surface area contributed by atoms with E-state index in [0.29, 0.717) is 19.4 Å². The number of nitrogens with one attached hydrogen (secondary N) is 1. The summed E-state index contributed by atoms with van der Waals surface area (Å²) >= 11 is 1.66. The van der Waals surface area contributed by atoms with Crippen LogP contribution in [-0.2, 0) is 24.3 Å². The Balaban J connectivity index is 1.41. The largest absolute Gasteiger partial charge is 0.361 e. The van der Waals surface area contributed by atoms with Gasteiger partial charge < -0.3 is 14.7 Å². The van der Waals surface area contributed by atoms with Crippen LogP contribution in [0.4, 0.5) is 0 Å². The monoisotopic (exact) mass is 402 g/mol. The molecule has 1 fully saturated rings. The summed E-state index contributed by atoms with van der Waals surface area (Å²) in [6.07, 6.45) is 2.08. The van der Waals surface area contributed by atoms with E-state index in [1.54, 1.807) is 23.3 Å². The van der Waals surface area contributed by atoms with Crippen LogP contribution in [0.2, 0.25) is 0 Å². The highest BCUT2D eigenvalue weighted by atomic mass is 32.1. The van der Waals surface area contributed by atoms with Crippen LogP contribution in [0.3, 0.4) is 0 Å². The molecule has 0 aliphatic carbocycles. The van der Waals surface area contributed by atoms with Crippen molar-refractivity contribution in [3.8, 4) is 0 Å². The van der Waals surface area contributed by atoms with Crippen molar-refractivity contribution in [3.63, 3.8) is 0 Å². The molecule has 150 valence electrons. The minimum Gasteiger partial charge on any atom is -0.361 e. The maximum absolute atomic E-state index is 12.8. The van der Waals surface area contributed by atoms with Crippen molar-refractivity contribution in [3.05, 3.63) is 38.4 Å². The molecule has 0 bridgehead atoms. The highest BCUT2D eigenvalue weighted by molar-refractivity contribution is 7.10. The third-order valence-corrected chi connectivity index (χ3v) is 6.81. The zero-order valence-electron chi connectivity index (χ0n) is 16.6. The molecule has 1 atom stereocenters. The molecule has 2 amide bonds. The Kier molecular flexibility index (Phi) is 5.25. The van der Waals surface area contributed by atoms with Gasteiger partial charge in [-0.3, -0.25) is 14.5 Å². The van der Waals surface area contributed by atoms with Crippen LogP contribution in [0.25, 0.3) is 0 Å². The molecule has 0 radical (unpaired) electrons. The minimum atomic E-state index is -0.00979. The van der Waals surface area contributed by atoms with Gasteiger partial charge in [0.05, 0.1) is 11.3 Å². The Hall–Kier alpha value is -2.19. The zero-order chi connectivity index (χ0) is 19.8. The third kappa shape index (κ3) is 3.71. The molecule has 2 aromatic heterocycles. The highest BCUT2D eigenvalue weighted by Crippen LogP contribution is 2.30. The lowest BCUT2D eigenvalue weighted by molar-refractivity contribution is -0.132. The fourth-order valence-electron chi connectivity index (χ4n) is 4.05. The first-order valence-corrected chi connectivity index (χ1v) is 10.6. The minimum absolute atomic E-state index is 0.00979. The van der Waals surface area contributed by atoms with E-state index in [1.807, 2.05) is 19.2 Å². The number of likely N-dealkylation sites (tertiary alicyclic amines) is 1. The summed E-state index contributed by atoms with van der Waals surface area (Å²) in [7, 11) is 1.79. The molecule has 4 heterocycles. The summed E-state index contributed by atoms with van der Waals surface area (Å²) in [6, 6.07) is 0.0328. The molecule has 4 rings (SSSR count). The maximum Gasteiger partial charge on any atom is 0.252 e. The number of thiophene rings is 1. The van der Waals surface area contributed by atoms with Gasteiger partial charge in [0.25, 0.3) is 5.91 Å². The average molecular weight is 403 g/mol. The number of piperidine rings is 1. The van der Waals surface area contributed by atoms with Crippen LogP contribution < -0.4 is 5.32 Å². The van der Waals surface area contributed by atoms with Gasteiger partial charge in [0.2, 0.25) is 5.91 Å². The van der Waals surface area contributed by atoms with Gasteiger partial charge in [-0.15, -0.1) is 11.3 Å². The predicted octanol–water partition coefficient (Wildman–Crippen LogP) is 2.26. The lowest BCUT2D eigenvalue weighted by Crippen LogP contribution is -2.48. The predicted molar refractivity (Wildman–Crippen MR) is 106 cm³/mol. The van der Waals surface area contributed by atoms with Crippen molar-refractivity contribution in [2.24, 2.45) is 0 Å². The van der Waals surface area contributed by atoms with Gasteiger partial charge in [0.1, 0.15) is 5.76 Å². The number of aryl methyl sites for hydroxylation is 2. The molecule has 2 aliphatic rings. The van der Waals surface area contributed by atoms with E-state index in [4.69, 9.17) is 4.52 Å². The second kappa shape index (κ2) is 7.67. The summed E-state index contributed by atoms with van der Waals surface area (Å²) < 4.78 is 5.28. The van der Waals surface area contributed by atoms with Gasteiger partial charge in [0.15, 0.2) is 0 Å². The summed E-state index contributed by atoms with van der Waals surface area (Å²) in [6.45, 7) is 7.09. The van der Waals surface area contributed by atoms with Crippen molar-refractivity contribution >= 4 is 23.2 Å². The molecular weight excluding hydrogens is 376 g/mol. The van der Waals surface area contributed by atoms with Crippen molar-refractivity contribution < 1.29 is 14.1 Å². The number of likely N-dealkylation sites (N-methyl/N-ethyl adjacent to an activating group) is 1. The van der Waals surface area contributed by atoms with Gasteiger partial charge in [-0.1, -0.05) is 5.16 Å². The molecule has 7 nitrogen and oxygen atoms in total. The molecule has 2 aromatic rings. The normalized spacial score (nSPS) is 20.3.